The summed E-state index contributed by atoms with van der Waals surface area (Å²) in [5.74, 6) is 0. The molecule has 68 valence electrons. The Labute approximate surface area is 77.7 Å². The van der Waals surface area contributed by atoms with Crippen molar-refractivity contribution in [2.75, 3.05) is 7.05 Å². The van der Waals surface area contributed by atoms with Crippen molar-refractivity contribution in [3.8, 4) is 0 Å². The van der Waals surface area contributed by atoms with Crippen molar-refractivity contribution >= 4 is 11.6 Å². The molecule has 0 spiro atoms. The third-order valence-electron chi connectivity index (χ3n) is 1.88. The normalized spacial score (nSPS) is 13.3. The number of hydrogen-bond donors (Lipinski definition) is 1. The fourth-order valence-electron chi connectivity index (χ4n) is 0.942. The Hall–Kier alpha value is -0.540. The fourth-order valence-corrected chi connectivity index (χ4v) is 1.10. The van der Waals surface area contributed by atoms with Crippen molar-refractivity contribution in [3.05, 3.63) is 16.9 Å². The topological polar surface area (TPSA) is 29.9 Å². The van der Waals surface area contributed by atoms with E-state index in [0.29, 0.717) is 6.04 Å². The van der Waals surface area contributed by atoms with Crippen LogP contribution in [-0.2, 0) is 6.54 Å². The van der Waals surface area contributed by atoms with Gasteiger partial charge in [0.15, 0.2) is 0 Å². The number of nitrogens with zero attached hydrogens (tertiary/aromatic N) is 2. The van der Waals surface area contributed by atoms with Gasteiger partial charge < -0.3 is 5.32 Å². The monoisotopic (exact) mass is 187 g/mol. The number of hydrogen-bond acceptors (Lipinski definition) is 2. The van der Waals surface area contributed by atoms with E-state index in [2.05, 4.69) is 17.3 Å². The summed E-state index contributed by atoms with van der Waals surface area (Å²) in [5.41, 5.74) is 1.03. The van der Waals surface area contributed by atoms with Crippen LogP contribution in [0.1, 0.15) is 12.5 Å². The van der Waals surface area contributed by atoms with Crippen LogP contribution in [0.2, 0.25) is 5.15 Å². The largest absolute Gasteiger partial charge is 0.315 e. The molecule has 0 amide bonds. The van der Waals surface area contributed by atoms with E-state index in [-0.39, 0.29) is 0 Å². The van der Waals surface area contributed by atoms with E-state index in [4.69, 9.17) is 11.6 Å². The van der Waals surface area contributed by atoms with Crippen molar-refractivity contribution in [1.82, 2.24) is 15.1 Å². The molecule has 1 unspecified atom stereocenters. The molecule has 1 rings (SSSR count). The van der Waals surface area contributed by atoms with Crippen molar-refractivity contribution in [2.24, 2.45) is 0 Å². The summed E-state index contributed by atoms with van der Waals surface area (Å²) in [4.78, 5) is 0. The molecule has 3 nitrogen and oxygen atoms in total. The van der Waals surface area contributed by atoms with Crippen LogP contribution in [0.3, 0.4) is 0 Å². The van der Waals surface area contributed by atoms with E-state index < -0.39 is 0 Å². The summed E-state index contributed by atoms with van der Waals surface area (Å²) >= 11 is 5.98. The van der Waals surface area contributed by atoms with Gasteiger partial charge in [-0.2, -0.15) is 5.10 Å². The molecule has 0 aromatic carbocycles. The zero-order chi connectivity index (χ0) is 9.14. The fraction of sp³-hybridized carbons (Fsp3) is 0.625. The van der Waals surface area contributed by atoms with E-state index in [9.17, 15) is 0 Å². The Kier molecular flexibility index (Phi) is 3.12. The van der Waals surface area contributed by atoms with E-state index in [1.807, 2.05) is 14.0 Å². The molecule has 0 saturated carbocycles. The number of aryl methyl sites for hydroxylation is 1. The van der Waals surface area contributed by atoms with E-state index in [1.54, 1.807) is 10.9 Å². The Morgan fingerprint density at radius 2 is 2.42 bits per heavy atom. The highest BCUT2D eigenvalue weighted by atomic mass is 35.5. The molecule has 4 heteroatoms. The average Bonchev–Trinajstić information content (AvgIpc) is 2.36. The number of rotatable bonds is 3. The number of nitrogens with one attached hydrogen (secondary N) is 1. The summed E-state index contributed by atoms with van der Waals surface area (Å²) in [6.07, 6.45) is 1.78. The molecule has 1 N–H and O–H groups in total. The predicted octanol–water partition coefficient (Wildman–Crippen LogP) is 1.45. The summed E-state index contributed by atoms with van der Waals surface area (Å²) in [6.45, 7) is 4.85. The molecule has 0 fully saturated rings. The van der Waals surface area contributed by atoms with Gasteiger partial charge in [-0.05, 0) is 20.9 Å². The summed E-state index contributed by atoms with van der Waals surface area (Å²) < 4.78 is 1.80. The smallest absolute Gasteiger partial charge is 0.129 e. The van der Waals surface area contributed by atoms with Crippen LogP contribution in [0.4, 0.5) is 0 Å². The van der Waals surface area contributed by atoms with Crippen LogP contribution in [0.25, 0.3) is 0 Å². The molecule has 12 heavy (non-hydrogen) atoms. The van der Waals surface area contributed by atoms with Gasteiger partial charge in [0.25, 0.3) is 0 Å². The highest BCUT2D eigenvalue weighted by molar-refractivity contribution is 6.30. The molecule has 1 aromatic heterocycles. The molecule has 1 atom stereocenters. The quantitative estimate of drug-likeness (QED) is 0.777. The Bertz CT molecular complexity index is 257. The number of halogens is 1. The van der Waals surface area contributed by atoms with Crippen LogP contribution < -0.4 is 5.32 Å². The maximum atomic E-state index is 5.98. The first-order valence-corrected chi connectivity index (χ1v) is 4.38. The minimum absolute atomic E-state index is 0.391. The zero-order valence-electron chi connectivity index (χ0n) is 7.63. The molecule has 0 aliphatic rings. The molecular formula is C8H14ClN3. The summed E-state index contributed by atoms with van der Waals surface area (Å²) in [7, 11) is 1.93. The average molecular weight is 188 g/mol. The van der Waals surface area contributed by atoms with Crippen molar-refractivity contribution < 1.29 is 0 Å². The molecule has 0 aliphatic heterocycles. The maximum Gasteiger partial charge on any atom is 0.129 e. The highest BCUT2D eigenvalue weighted by Crippen LogP contribution is 2.13. The second kappa shape index (κ2) is 3.92. The minimum Gasteiger partial charge on any atom is -0.315 e. The van der Waals surface area contributed by atoms with Crippen LogP contribution in [0, 0.1) is 6.92 Å². The Morgan fingerprint density at radius 3 is 2.83 bits per heavy atom. The van der Waals surface area contributed by atoms with E-state index in [0.717, 1.165) is 17.3 Å². The lowest BCUT2D eigenvalue weighted by atomic mass is 10.3. The first-order chi connectivity index (χ1) is 5.65. The maximum absolute atomic E-state index is 5.98. The van der Waals surface area contributed by atoms with Crippen molar-refractivity contribution in [2.45, 2.75) is 26.4 Å². The summed E-state index contributed by atoms with van der Waals surface area (Å²) in [5, 5.41) is 8.01. The minimum atomic E-state index is 0.391. The Balaban J connectivity index is 2.69. The molecule has 0 radical (unpaired) electrons. The molecule has 0 saturated heterocycles. The second-order valence-corrected chi connectivity index (χ2v) is 3.35. The standard InChI is InChI=1S/C8H14ClN3/c1-6-4-11-12(8(6)9)5-7(2)10-3/h4,7,10H,5H2,1-3H3. The van der Waals surface area contributed by atoms with Gasteiger partial charge in [0.1, 0.15) is 5.15 Å². The second-order valence-electron chi connectivity index (χ2n) is 2.99. The third-order valence-corrected chi connectivity index (χ3v) is 2.38. The molecular weight excluding hydrogens is 174 g/mol. The first kappa shape index (κ1) is 9.55. The molecule has 1 aromatic rings. The van der Waals surface area contributed by atoms with Crippen LogP contribution in [0.5, 0.6) is 0 Å². The van der Waals surface area contributed by atoms with Gasteiger partial charge in [0.05, 0.1) is 12.7 Å². The van der Waals surface area contributed by atoms with Gasteiger partial charge in [-0.1, -0.05) is 11.6 Å². The highest BCUT2D eigenvalue weighted by Gasteiger charge is 2.06. The lowest BCUT2D eigenvalue weighted by Gasteiger charge is -2.10. The van der Waals surface area contributed by atoms with Crippen LogP contribution >= 0.6 is 11.6 Å². The summed E-state index contributed by atoms with van der Waals surface area (Å²) in [6, 6.07) is 0.391. The van der Waals surface area contributed by atoms with Gasteiger partial charge in [0, 0.05) is 11.6 Å². The van der Waals surface area contributed by atoms with Gasteiger partial charge in [-0.15, -0.1) is 0 Å². The van der Waals surface area contributed by atoms with E-state index in [1.165, 1.54) is 0 Å². The predicted molar refractivity (Wildman–Crippen MR) is 50.5 cm³/mol. The van der Waals surface area contributed by atoms with Crippen molar-refractivity contribution in [1.29, 1.82) is 0 Å². The van der Waals surface area contributed by atoms with Gasteiger partial charge in [0.2, 0.25) is 0 Å². The number of aromatic nitrogens is 2. The SMILES string of the molecule is CNC(C)Cn1ncc(C)c1Cl. The zero-order valence-corrected chi connectivity index (χ0v) is 8.39. The molecule has 0 aliphatic carbocycles. The van der Waals surface area contributed by atoms with Crippen LogP contribution in [0.15, 0.2) is 6.20 Å². The van der Waals surface area contributed by atoms with Crippen molar-refractivity contribution in [3.63, 3.8) is 0 Å². The van der Waals surface area contributed by atoms with Gasteiger partial charge in [-0.3, -0.25) is 4.68 Å². The van der Waals surface area contributed by atoms with Crippen LogP contribution in [-0.4, -0.2) is 22.9 Å². The lowest BCUT2D eigenvalue weighted by molar-refractivity contribution is 0.482. The van der Waals surface area contributed by atoms with Gasteiger partial charge in [-0.25, -0.2) is 0 Å². The molecule has 0 bridgehead atoms. The Morgan fingerprint density at radius 1 is 1.75 bits per heavy atom. The van der Waals surface area contributed by atoms with Gasteiger partial charge >= 0.3 is 0 Å². The number of likely N-dealkylation sites (N-methyl/N-ethyl adjacent to an activating group) is 1. The first-order valence-electron chi connectivity index (χ1n) is 4.00. The lowest BCUT2D eigenvalue weighted by Crippen LogP contribution is -2.27. The molecule has 1 heterocycles. The third kappa shape index (κ3) is 1.99. The van der Waals surface area contributed by atoms with E-state index >= 15 is 0 Å².